The predicted molar refractivity (Wildman–Crippen MR) is 134 cm³/mol. The van der Waals surface area contributed by atoms with Crippen molar-refractivity contribution >= 4 is 18.0 Å². The number of benzene rings is 2. The van der Waals surface area contributed by atoms with Crippen LogP contribution in [0.3, 0.4) is 0 Å². The largest absolute Gasteiger partial charge is 0.491 e. The molecular weight excluding hydrogens is 464 g/mol. The first-order valence-corrected chi connectivity index (χ1v) is 12.0. The topological polar surface area (TPSA) is 134 Å². The average molecular weight is 501 g/mol. The van der Waals surface area contributed by atoms with E-state index >= 15 is 0 Å². The van der Waals surface area contributed by atoms with Crippen LogP contribution in [0.1, 0.15) is 45.2 Å². The van der Waals surface area contributed by atoms with Crippen molar-refractivity contribution in [2.75, 3.05) is 0 Å². The van der Waals surface area contributed by atoms with Crippen LogP contribution in [-0.2, 0) is 27.4 Å². The minimum atomic E-state index is -1.71. The zero-order valence-corrected chi connectivity index (χ0v) is 21.1. The first-order valence-electron chi connectivity index (χ1n) is 12.0. The fourth-order valence-electron chi connectivity index (χ4n) is 3.52. The van der Waals surface area contributed by atoms with Gasteiger partial charge in [-0.3, -0.25) is 4.79 Å². The van der Waals surface area contributed by atoms with Crippen LogP contribution in [-0.4, -0.2) is 52.5 Å². The summed E-state index contributed by atoms with van der Waals surface area (Å²) in [5, 5.41) is 25.2. The highest BCUT2D eigenvalue weighted by Gasteiger charge is 2.31. The zero-order chi connectivity index (χ0) is 26.7. The molecule has 0 fully saturated rings. The van der Waals surface area contributed by atoms with Crippen LogP contribution < -0.4 is 15.4 Å². The van der Waals surface area contributed by atoms with Crippen molar-refractivity contribution in [1.29, 1.82) is 0 Å². The Morgan fingerprint density at radius 1 is 0.889 bits per heavy atom. The summed E-state index contributed by atoms with van der Waals surface area (Å²) in [6.07, 6.45) is -2.23. The number of carbonyl (C=O) groups excluding carboxylic acids is 2. The monoisotopic (exact) mass is 500 g/mol. The minimum Gasteiger partial charge on any atom is -0.491 e. The van der Waals surface area contributed by atoms with Crippen LogP contribution in [0.25, 0.3) is 0 Å². The maximum absolute atomic E-state index is 12.8. The lowest BCUT2D eigenvalue weighted by molar-refractivity contribution is -0.144. The van der Waals surface area contributed by atoms with Gasteiger partial charge < -0.3 is 30.3 Å². The van der Waals surface area contributed by atoms with Gasteiger partial charge in [0.1, 0.15) is 18.4 Å². The summed E-state index contributed by atoms with van der Waals surface area (Å²) in [6, 6.07) is 13.9. The molecule has 0 aromatic heterocycles. The van der Waals surface area contributed by atoms with Gasteiger partial charge in [-0.15, -0.1) is 0 Å². The Bertz CT molecular complexity index is 977. The van der Waals surface area contributed by atoms with Gasteiger partial charge in [-0.2, -0.15) is 0 Å². The highest BCUT2D eigenvalue weighted by Crippen LogP contribution is 2.16. The molecule has 196 valence electrons. The van der Waals surface area contributed by atoms with Crippen molar-refractivity contribution in [2.45, 2.75) is 71.4 Å². The number of alkyl carbamates (subject to hydrolysis) is 1. The summed E-state index contributed by atoms with van der Waals surface area (Å²) in [5.41, 5.74) is 1.50. The van der Waals surface area contributed by atoms with Gasteiger partial charge in [0.25, 0.3) is 5.91 Å². The number of aliphatic carboxylic acids is 1. The number of aliphatic hydroxyl groups is 1. The molecule has 3 atom stereocenters. The van der Waals surface area contributed by atoms with Gasteiger partial charge in [-0.25, -0.2) is 9.59 Å². The van der Waals surface area contributed by atoms with Crippen LogP contribution in [0.5, 0.6) is 5.75 Å². The third kappa shape index (κ3) is 9.95. The highest BCUT2D eigenvalue weighted by molar-refractivity contribution is 5.87. The minimum absolute atomic E-state index is 0.00295. The molecule has 0 radical (unpaired) electrons. The lowest BCUT2D eigenvalue weighted by Gasteiger charge is -2.25. The smallest absolute Gasteiger partial charge is 0.407 e. The lowest BCUT2D eigenvalue weighted by atomic mass is 9.99. The van der Waals surface area contributed by atoms with Crippen molar-refractivity contribution < 1.29 is 34.1 Å². The molecular formula is C27H36N2O7. The van der Waals surface area contributed by atoms with Gasteiger partial charge in [0.2, 0.25) is 0 Å². The Morgan fingerprint density at radius 2 is 1.53 bits per heavy atom. The van der Waals surface area contributed by atoms with Crippen molar-refractivity contribution in [2.24, 2.45) is 5.92 Å². The van der Waals surface area contributed by atoms with E-state index in [0.717, 1.165) is 11.1 Å². The van der Waals surface area contributed by atoms with Crippen LogP contribution in [0.4, 0.5) is 4.79 Å². The summed E-state index contributed by atoms with van der Waals surface area (Å²) in [5.74, 6) is -1.42. The Hall–Kier alpha value is -3.59. The summed E-state index contributed by atoms with van der Waals surface area (Å²) in [4.78, 5) is 36.8. The van der Waals surface area contributed by atoms with Crippen molar-refractivity contribution in [3.63, 3.8) is 0 Å². The second-order valence-electron chi connectivity index (χ2n) is 9.30. The number of rotatable bonds is 13. The molecule has 2 amide bonds. The number of carbonyl (C=O) groups is 3. The van der Waals surface area contributed by atoms with E-state index in [9.17, 15) is 24.6 Å². The van der Waals surface area contributed by atoms with E-state index in [1.165, 1.54) is 0 Å². The number of nitrogens with one attached hydrogen (secondary N) is 2. The molecule has 0 aliphatic carbocycles. The lowest BCUT2D eigenvalue weighted by Crippen LogP contribution is -2.54. The Morgan fingerprint density at radius 3 is 2.08 bits per heavy atom. The van der Waals surface area contributed by atoms with Gasteiger partial charge in [0.15, 0.2) is 6.10 Å². The van der Waals surface area contributed by atoms with Crippen LogP contribution in [0, 0.1) is 5.92 Å². The number of amides is 2. The fourth-order valence-corrected chi connectivity index (χ4v) is 3.52. The molecule has 0 saturated carbocycles. The SMILES string of the molecule is CC(C)C[C@H](NC(=O)C(O)C(Cc1ccc(OC(C)C)cc1)NC(=O)OCc1ccccc1)C(=O)O. The molecule has 2 aromatic carbocycles. The van der Waals surface area contributed by atoms with E-state index < -0.39 is 36.2 Å². The predicted octanol–water partition coefficient (Wildman–Crippen LogP) is 3.29. The molecule has 9 nitrogen and oxygen atoms in total. The maximum Gasteiger partial charge on any atom is 0.407 e. The second kappa shape index (κ2) is 14.1. The molecule has 36 heavy (non-hydrogen) atoms. The van der Waals surface area contributed by atoms with E-state index in [1.807, 2.05) is 45.9 Å². The van der Waals surface area contributed by atoms with Gasteiger partial charge in [0, 0.05) is 0 Å². The normalized spacial score (nSPS) is 13.5. The number of aliphatic hydroxyl groups excluding tert-OH is 1. The summed E-state index contributed by atoms with van der Waals surface area (Å²) >= 11 is 0. The summed E-state index contributed by atoms with van der Waals surface area (Å²) < 4.78 is 10.9. The van der Waals surface area contributed by atoms with Crippen LogP contribution >= 0.6 is 0 Å². The molecule has 9 heteroatoms. The molecule has 2 rings (SSSR count). The van der Waals surface area contributed by atoms with Crippen molar-refractivity contribution in [1.82, 2.24) is 10.6 Å². The molecule has 4 N–H and O–H groups in total. The van der Waals surface area contributed by atoms with E-state index in [2.05, 4.69) is 10.6 Å². The maximum atomic E-state index is 12.8. The number of hydrogen-bond acceptors (Lipinski definition) is 6. The quantitative estimate of drug-likeness (QED) is 0.332. The second-order valence-corrected chi connectivity index (χ2v) is 9.30. The third-order valence-corrected chi connectivity index (χ3v) is 5.24. The molecule has 0 spiro atoms. The molecule has 0 aliphatic rings. The Balaban J connectivity index is 2.14. The van der Waals surface area contributed by atoms with Gasteiger partial charge >= 0.3 is 12.1 Å². The molecule has 0 saturated heterocycles. The zero-order valence-electron chi connectivity index (χ0n) is 21.1. The van der Waals surface area contributed by atoms with E-state index in [1.54, 1.807) is 36.4 Å². The average Bonchev–Trinajstić information content (AvgIpc) is 2.82. The van der Waals surface area contributed by atoms with Gasteiger partial charge in [-0.1, -0.05) is 56.3 Å². The standard InChI is InChI=1S/C27H36N2O7/c1-17(2)14-23(26(32)33)28-25(31)24(30)22(15-19-10-12-21(13-11-19)36-18(3)4)29-27(34)35-16-20-8-6-5-7-9-20/h5-13,17-18,22-24,30H,14-16H2,1-4H3,(H,28,31)(H,29,34)(H,32,33)/t22?,23-,24?/m0/s1. The van der Waals surface area contributed by atoms with Crippen LogP contribution in [0.2, 0.25) is 0 Å². The first-order chi connectivity index (χ1) is 17.0. The Labute approximate surface area is 211 Å². The Kier molecular flexibility index (Phi) is 11.2. The number of ether oxygens (including phenoxy) is 2. The molecule has 0 bridgehead atoms. The molecule has 0 heterocycles. The molecule has 0 aliphatic heterocycles. The summed E-state index contributed by atoms with van der Waals surface area (Å²) in [7, 11) is 0. The van der Waals surface area contributed by atoms with Crippen molar-refractivity contribution in [3.05, 3.63) is 65.7 Å². The van der Waals surface area contributed by atoms with E-state index in [-0.39, 0.29) is 31.5 Å². The highest BCUT2D eigenvalue weighted by atomic mass is 16.5. The van der Waals surface area contributed by atoms with E-state index in [4.69, 9.17) is 9.47 Å². The van der Waals surface area contributed by atoms with Gasteiger partial charge in [0.05, 0.1) is 12.1 Å². The number of hydrogen-bond donors (Lipinski definition) is 4. The first kappa shape index (κ1) is 28.6. The summed E-state index contributed by atoms with van der Waals surface area (Å²) in [6.45, 7) is 7.50. The molecule has 2 aromatic rings. The third-order valence-electron chi connectivity index (χ3n) is 5.24. The molecule has 2 unspecified atom stereocenters. The fraction of sp³-hybridized carbons (Fsp3) is 0.444. The number of carboxylic acid groups (broad SMARTS) is 1. The van der Waals surface area contributed by atoms with Crippen LogP contribution in [0.15, 0.2) is 54.6 Å². The van der Waals surface area contributed by atoms with E-state index in [0.29, 0.717) is 5.75 Å². The van der Waals surface area contributed by atoms with Gasteiger partial charge in [-0.05, 0) is 55.9 Å². The number of carboxylic acids is 1. The van der Waals surface area contributed by atoms with Crippen molar-refractivity contribution in [3.8, 4) is 5.75 Å².